The van der Waals surface area contributed by atoms with E-state index in [4.69, 9.17) is 0 Å². The van der Waals surface area contributed by atoms with Crippen molar-refractivity contribution in [3.05, 3.63) is 57.8 Å². The molecule has 0 aliphatic carbocycles. The second-order valence-electron chi connectivity index (χ2n) is 6.05. The summed E-state index contributed by atoms with van der Waals surface area (Å²) in [6, 6.07) is 10.4. The van der Waals surface area contributed by atoms with Crippen LogP contribution in [0.15, 0.2) is 41.8 Å². The summed E-state index contributed by atoms with van der Waals surface area (Å²) in [6.07, 6.45) is 0. The van der Waals surface area contributed by atoms with Gasteiger partial charge in [-0.2, -0.15) is 0 Å². The minimum absolute atomic E-state index is 0.132. The van der Waals surface area contributed by atoms with Crippen molar-refractivity contribution in [1.29, 1.82) is 0 Å². The van der Waals surface area contributed by atoms with Crippen molar-refractivity contribution in [3.63, 3.8) is 0 Å². The molecule has 124 valence electrons. The second-order valence-corrected chi connectivity index (χ2v) is 7.03. The van der Waals surface area contributed by atoms with E-state index in [0.717, 1.165) is 9.78 Å². The van der Waals surface area contributed by atoms with Crippen LogP contribution in [0.1, 0.15) is 45.5 Å². The zero-order valence-corrected chi connectivity index (χ0v) is 14.3. The van der Waals surface area contributed by atoms with E-state index in [-0.39, 0.29) is 24.4 Å². The maximum atomic E-state index is 12.4. The minimum Gasteiger partial charge on any atom is -0.347 e. The standard InChI is InChI=1S/C18H18N2O3S/c1-11(2)16(14-8-5-9-24-14)19-15(21)10-20-17(22)12-6-3-4-7-13(12)18(20)23/h3-9,11,16H,10H2,1-2H3,(H,19,21)/t16-/m1/s1. The van der Waals surface area contributed by atoms with E-state index in [1.165, 1.54) is 0 Å². The first-order valence-electron chi connectivity index (χ1n) is 7.77. The predicted molar refractivity (Wildman–Crippen MR) is 91.8 cm³/mol. The molecular formula is C18H18N2O3S. The Morgan fingerprint density at radius 2 is 1.71 bits per heavy atom. The number of thiophene rings is 1. The van der Waals surface area contributed by atoms with Crippen LogP contribution < -0.4 is 5.32 Å². The van der Waals surface area contributed by atoms with Crippen LogP contribution in [-0.4, -0.2) is 29.2 Å². The van der Waals surface area contributed by atoms with Crippen molar-refractivity contribution in [1.82, 2.24) is 10.2 Å². The molecule has 1 N–H and O–H groups in total. The third-order valence-electron chi connectivity index (χ3n) is 4.01. The van der Waals surface area contributed by atoms with Gasteiger partial charge in [0.25, 0.3) is 11.8 Å². The molecule has 1 aromatic carbocycles. The molecular weight excluding hydrogens is 324 g/mol. The molecule has 0 saturated carbocycles. The molecule has 2 heterocycles. The van der Waals surface area contributed by atoms with Crippen molar-refractivity contribution < 1.29 is 14.4 Å². The van der Waals surface area contributed by atoms with E-state index >= 15 is 0 Å². The number of nitrogens with zero attached hydrogens (tertiary/aromatic N) is 1. The molecule has 5 nitrogen and oxygen atoms in total. The summed E-state index contributed by atoms with van der Waals surface area (Å²) in [7, 11) is 0. The van der Waals surface area contributed by atoms with Crippen LogP contribution in [0.25, 0.3) is 0 Å². The maximum absolute atomic E-state index is 12.4. The second kappa shape index (κ2) is 6.57. The van der Waals surface area contributed by atoms with Crippen LogP contribution in [0.3, 0.4) is 0 Å². The normalized spacial score (nSPS) is 14.9. The predicted octanol–water partition coefficient (Wildman–Crippen LogP) is 2.86. The molecule has 6 heteroatoms. The average Bonchev–Trinajstić information content (AvgIpc) is 3.16. The third-order valence-corrected chi connectivity index (χ3v) is 4.97. The largest absolute Gasteiger partial charge is 0.347 e. The van der Waals surface area contributed by atoms with Crippen molar-refractivity contribution in [2.45, 2.75) is 19.9 Å². The zero-order valence-electron chi connectivity index (χ0n) is 13.5. The third kappa shape index (κ3) is 2.97. The number of benzene rings is 1. The number of hydrogen-bond acceptors (Lipinski definition) is 4. The van der Waals surface area contributed by atoms with Gasteiger partial charge in [-0.1, -0.05) is 32.0 Å². The molecule has 2 aromatic rings. The number of carbonyl (C=O) groups is 3. The van der Waals surface area contributed by atoms with E-state index in [9.17, 15) is 14.4 Å². The Morgan fingerprint density at radius 3 is 2.21 bits per heavy atom. The van der Waals surface area contributed by atoms with Gasteiger partial charge in [-0.25, -0.2) is 0 Å². The smallest absolute Gasteiger partial charge is 0.262 e. The van der Waals surface area contributed by atoms with E-state index in [0.29, 0.717) is 11.1 Å². The van der Waals surface area contributed by atoms with Gasteiger partial charge in [0, 0.05) is 4.88 Å². The van der Waals surface area contributed by atoms with Crippen molar-refractivity contribution in [3.8, 4) is 0 Å². The molecule has 1 atom stereocenters. The Labute approximate surface area is 144 Å². The molecule has 1 aromatic heterocycles. The van der Waals surface area contributed by atoms with Crippen LogP contribution in [-0.2, 0) is 4.79 Å². The van der Waals surface area contributed by atoms with Gasteiger partial charge in [0.1, 0.15) is 6.54 Å². The number of hydrogen-bond donors (Lipinski definition) is 1. The van der Waals surface area contributed by atoms with Gasteiger partial charge in [0.2, 0.25) is 5.91 Å². The summed E-state index contributed by atoms with van der Waals surface area (Å²) in [5, 5.41) is 4.90. The summed E-state index contributed by atoms with van der Waals surface area (Å²) in [6.45, 7) is 3.78. The van der Waals surface area contributed by atoms with Crippen molar-refractivity contribution >= 4 is 29.1 Å². The lowest BCUT2D eigenvalue weighted by atomic mass is 10.0. The summed E-state index contributed by atoms with van der Waals surface area (Å²) < 4.78 is 0. The van der Waals surface area contributed by atoms with Gasteiger partial charge >= 0.3 is 0 Å². The topological polar surface area (TPSA) is 66.5 Å². The van der Waals surface area contributed by atoms with Gasteiger partial charge < -0.3 is 5.32 Å². The summed E-state index contributed by atoms with van der Waals surface area (Å²) in [5.74, 6) is -0.961. The molecule has 0 unspecified atom stereocenters. The monoisotopic (exact) mass is 342 g/mol. The summed E-state index contributed by atoms with van der Waals surface area (Å²) >= 11 is 1.57. The molecule has 1 aliphatic heterocycles. The van der Waals surface area contributed by atoms with Gasteiger partial charge in [-0.15, -0.1) is 11.3 Å². The van der Waals surface area contributed by atoms with E-state index < -0.39 is 11.8 Å². The molecule has 0 spiro atoms. The quantitative estimate of drug-likeness (QED) is 0.850. The minimum atomic E-state index is -0.414. The molecule has 3 rings (SSSR count). The molecule has 0 fully saturated rings. The SMILES string of the molecule is CC(C)[C@@H](NC(=O)CN1C(=O)c2ccccc2C1=O)c1cccs1. The number of fused-ring (bicyclic) bond motifs is 1. The molecule has 3 amide bonds. The fourth-order valence-electron chi connectivity index (χ4n) is 2.78. The van der Waals surface area contributed by atoms with Crippen LogP contribution in [0, 0.1) is 5.92 Å². The Morgan fingerprint density at radius 1 is 1.08 bits per heavy atom. The summed E-state index contributed by atoms with van der Waals surface area (Å²) in [4.78, 5) is 39.1. The van der Waals surface area contributed by atoms with Crippen LogP contribution in [0.2, 0.25) is 0 Å². The lowest BCUT2D eigenvalue weighted by Crippen LogP contribution is -2.42. The number of amides is 3. The van der Waals surface area contributed by atoms with E-state index in [1.807, 2.05) is 31.4 Å². The highest BCUT2D eigenvalue weighted by Gasteiger charge is 2.36. The van der Waals surface area contributed by atoms with Crippen LogP contribution in [0.5, 0.6) is 0 Å². The number of nitrogens with one attached hydrogen (secondary N) is 1. The number of carbonyl (C=O) groups excluding carboxylic acids is 3. The fourth-order valence-corrected chi connectivity index (χ4v) is 3.73. The fraction of sp³-hybridized carbons (Fsp3) is 0.278. The zero-order chi connectivity index (χ0) is 17.3. The first-order valence-corrected chi connectivity index (χ1v) is 8.65. The van der Waals surface area contributed by atoms with Gasteiger partial charge in [-0.3, -0.25) is 19.3 Å². The lowest BCUT2D eigenvalue weighted by Gasteiger charge is -2.22. The highest BCUT2D eigenvalue weighted by atomic mass is 32.1. The van der Waals surface area contributed by atoms with Gasteiger partial charge in [0.05, 0.1) is 17.2 Å². The highest BCUT2D eigenvalue weighted by Crippen LogP contribution is 2.26. The Kier molecular flexibility index (Phi) is 4.49. The van der Waals surface area contributed by atoms with Crippen LogP contribution in [0.4, 0.5) is 0 Å². The Hall–Kier alpha value is -2.47. The highest BCUT2D eigenvalue weighted by molar-refractivity contribution is 7.10. The summed E-state index contributed by atoms with van der Waals surface area (Å²) in [5.41, 5.74) is 0.711. The molecule has 24 heavy (non-hydrogen) atoms. The molecule has 0 radical (unpaired) electrons. The van der Waals surface area contributed by atoms with Crippen molar-refractivity contribution in [2.75, 3.05) is 6.54 Å². The number of imide groups is 1. The number of rotatable bonds is 5. The lowest BCUT2D eigenvalue weighted by molar-refractivity contribution is -0.122. The first-order chi connectivity index (χ1) is 11.5. The maximum Gasteiger partial charge on any atom is 0.262 e. The van der Waals surface area contributed by atoms with E-state index in [1.54, 1.807) is 35.6 Å². The molecule has 0 saturated heterocycles. The van der Waals surface area contributed by atoms with Crippen LogP contribution >= 0.6 is 11.3 Å². The Balaban J connectivity index is 1.72. The first kappa shape index (κ1) is 16.4. The molecule has 1 aliphatic rings. The van der Waals surface area contributed by atoms with Gasteiger partial charge in [0.15, 0.2) is 0 Å². The molecule has 0 bridgehead atoms. The van der Waals surface area contributed by atoms with Gasteiger partial charge in [-0.05, 0) is 29.5 Å². The van der Waals surface area contributed by atoms with Crippen molar-refractivity contribution in [2.24, 2.45) is 5.92 Å². The van der Waals surface area contributed by atoms with E-state index in [2.05, 4.69) is 5.32 Å². The Bertz CT molecular complexity index is 748. The average molecular weight is 342 g/mol.